The number of hydrogen-bond donors (Lipinski definition) is 0. The van der Waals surface area contributed by atoms with Crippen molar-refractivity contribution in [3.8, 4) is 0 Å². The van der Waals surface area contributed by atoms with Crippen molar-refractivity contribution < 1.29 is 22.5 Å². The van der Waals surface area contributed by atoms with Gasteiger partial charge < -0.3 is 4.55 Å². The van der Waals surface area contributed by atoms with E-state index in [1.165, 1.54) is 16.5 Å². The van der Waals surface area contributed by atoms with E-state index in [0.29, 0.717) is 6.42 Å². The van der Waals surface area contributed by atoms with Crippen LogP contribution in [0.25, 0.3) is 0 Å². The molecule has 0 aromatic carbocycles. The highest BCUT2D eigenvalue weighted by atomic mass is 32.2. The van der Waals surface area contributed by atoms with Crippen LogP contribution >= 0.6 is 0 Å². The summed E-state index contributed by atoms with van der Waals surface area (Å²) in [6.45, 7) is -0.398. The van der Waals surface area contributed by atoms with Gasteiger partial charge >= 0.3 is 6.36 Å². The summed E-state index contributed by atoms with van der Waals surface area (Å²) in [6.07, 6.45) is 0.486. The Labute approximate surface area is 93.7 Å². The topological polar surface area (TPSA) is 50.1 Å². The maximum atomic E-state index is 11.6. The van der Waals surface area contributed by atoms with Gasteiger partial charge in [-0.05, 0) is 12.8 Å². The van der Waals surface area contributed by atoms with E-state index in [4.69, 9.17) is 0 Å². The van der Waals surface area contributed by atoms with Crippen LogP contribution in [0.2, 0.25) is 0 Å². The predicted octanol–water partition coefficient (Wildman–Crippen LogP) is 1.71. The third-order valence-electron chi connectivity index (χ3n) is 1.69. The first-order valence-electron chi connectivity index (χ1n) is 4.56. The Morgan fingerprint density at radius 1 is 1.38 bits per heavy atom. The average Bonchev–Trinajstić information content (AvgIpc) is 2.67. The number of alkyl halides is 3. The van der Waals surface area contributed by atoms with E-state index < -0.39 is 24.3 Å². The molecule has 0 radical (unpaired) electrons. The Balaban J connectivity index is 2.08. The molecule has 1 rings (SSSR count). The lowest BCUT2D eigenvalue weighted by Gasteiger charge is -2.10. The molecule has 1 aromatic heterocycles. The summed E-state index contributed by atoms with van der Waals surface area (Å²) in [6, 6.07) is 0. The van der Waals surface area contributed by atoms with E-state index in [9.17, 15) is 17.7 Å². The summed E-state index contributed by atoms with van der Waals surface area (Å²) in [5, 5.41) is 0. The number of ether oxygens (including phenoxy) is 1. The van der Waals surface area contributed by atoms with Gasteiger partial charge in [-0.2, -0.15) is 3.97 Å². The highest BCUT2D eigenvalue weighted by molar-refractivity contribution is 7.89. The molecule has 4 nitrogen and oxygen atoms in total. The van der Waals surface area contributed by atoms with Crippen molar-refractivity contribution in [3.05, 3.63) is 18.7 Å². The van der Waals surface area contributed by atoms with E-state index in [1.54, 1.807) is 6.20 Å². The van der Waals surface area contributed by atoms with Crippen LogP contribution in [-0.4, -0.2) is 32.2 Å². The number of rotatable bonds is 6. The molecule has 1 unspecified atom stereocenters. The lowest BCUT2D eigenvalue weighted by Crippen LogP contribution is -2.17. The minimum Gasteiger partial charge on any atom is -0.593 e. The first kappa shape index (κ1) is 13.3. The van der Waals surface area contributed by atoms with Crippen molar-refractivity contribution in [1.82, 2.24) is 8.96 Å². The van der Waals surface area contributed by atoms with Crippen LogP contribution in [-0.2, 0) is 16.1 Å². The Morgan fingerprint density at radius 3 is 2.69 bits per heavy atom. The van der Waals surface area contributed by atoms with Crippen molar-refractivity contribution in [2.45, 2.75) is 19.2 Å². The fraction of sp³-hybridized carbons (Fsp3) is 0.625. The Bertz CT molecular complexity index is 292. The molecule has 0 N–H and O–H groups in total. The van der Waals surface area contributed by atoms with Gasteiger partial charge in [0.25, 0.3) is 0 Å². The smallest absolute Gasteiger partial charge is 0.522 e. The summed E-state index contributed by atoms with van der Waals surface area (Å²) in [7, 11) is 0. The standard InChI is InChI=1S/C8H11F3N2O2S/c9-8(10,11)15-5-1-2-6-16(14)13-4-3-12-7-13/h3-4,7H,1-2,5-6H2. The quantitative estimate of drug-likeness (QED) is 0.575. The highest BCUT2D eigenvalue weighted by Gasteiger charge is 2.28. The van der Waals surface area contributed by atoms with Crippen LogP contribution in [0.4, 0.5) is 13.2 Å². The first-order chi connectivity index (χ1) is 7.49. The second-order valence-electron chi connectivity index (χ2n) is 2.95. The number of unbranched alkanes of at least 4 members (excludes halogenated alkanes) is 1. The van der Waals surface area contributed by atoms with Crippen LogP contribution in [0.15, 0.2) is 18.7 Å². The largest absolute Gasteiger partial charge is 0.593 e. The van der Waals surface area contributed by atoms with E-state index in [2.05, 4.69) is 9.72 Å². The molecule has 0 aliphatic rings. The van der Waals surface area contributed by atoms with Crippen molar-refractivity contribution in [2.75, 3.05) is 12.4 Å². The number of aromatic nitrogens is 2. The molecule has 0 saturated heterocycles. The van der Waals surface area contributed by atoms with Crippen LogP contribution in [0.5, 0.6) is 0 Å². The second kappa shape index (κ2) is 6.12. The van der Waals surface area contributed by atoms with Gasteiger partial charge in [-0.15, -0.1) is 13.2 Å². The van der Waals surface area contributed by atoms with Crippen molar-refractivity contribution >= 4 is 11.4 Å². The Hall–Kier alpha value is -0.730. The molecule has 0 aliphatic heterocycles. The average molecular weight is 256 g/mol. The van der Waals surface area contributed by atoms with Gasteiger partial charge in [-0.3, -0.25) is 4.74 Å². The Kier molecular flexibility index (Phi) is 5.10. The molecule has 1 atom stereocenters. The van der Waals surface area contributed by atoms with E-state index in [1.807, 2.05) is 0 Å². The van der Waals surface area contributed by atoms with Gasteiger partial charge in [0.05, 0.1) is 24.2 Å². The summed E-state index contributed by atoms with van der Waals surface area (Å²) < 4.78 is 51.1. The monoisotopic (exact) mass is 256 g/mol. The molecule has 0 amide bonds. The minimum atomic E-state index is -4.58. The summed E-state index contributed by atoms with van der Waals surface area (Å²) in [5.41, 5.74) is 0. The summed E-state index contributed by atoms with van der Waals surface area (Å²) >= 11 is -1.26. The first-order valence-corrected chi connectivity index (χ1v) is 5.84. The molecule has 0 aliphatic carbocycles. The maximum Gasteiger partial charge on any atom is 0.522 e. The van der Waals surface area contributed by atoms with E-state index in [0.717, 1.165) is 0 Å². The van der Waals surface area contributed by atoms with Gasteiger partial charge in [-0.25, -0.2) is 4.98 Å². The van der Waals surface area contributed by atoms with Crippen molar-refractivity contribution in [3.63, 3.8) is 0 Å². The molecule has 8 heteroatoms. The zero-order chi connectivity index (χ0) is 12.0. The maximum absolute atomic E-state index is 11.6. The van der Waals surface area contributed by atoms with Crippen LogP contribution < -0.4 is 0 Å². The SMILES string of the molecule is [O-][S+](CCCCOC(F)(F)F)n1ccnc1. The molecule has 0 saturated carbocycles. The molecule has 92 valence electrons. The van der Waals surface area contributed by atoms with Crippen molar-refractivity contribution in [2.24, 2.45) is 0 Å². The lowest BCUT2D eigenvalue weighted by molar-refractivity contribution is -0.324. The van der Waals surface area contributed by atoms with Gasteiger partial charge in [0.2, 0.25) is 0 Å². The molecule has 1 heterocycles. The molecular weight excluding hydrogens is 245 g/mol. The summed E-state index contributed by atoms with van der Waals surface area (Å²) in [4.78, 5) is 3.72. The number of imidazole rings is 1. The van der Waals surface area contributed by atoms with E-state index >= 15 is 0 Å². The van der Waals surface area contributed by atoms with Gasteiger partial charge in [0.1, 0.15) is 12.1 Å². The fourth-order valence-electron chi connectivity index (χ4n) is 0.988. The number of hydrogen-bond acceptors (Lipinski definition) is 3. The Morgan fingerprint density at radius 2 is 2.12 bits per heavy atom. The number of nitrogens with zero attached hydrogens (tertiary/aromatic N) is 2. The zero-order valence-electron chi connectivity index (χ0n) is 8.31. The third kappa shape index (κ3) is 5.38. The van der Waals surface area contributed by atoms with Crippen molar-refractivity contribution in [1.29, 1.82) is 0 Å². The predicted molar refractivity (Wildman–Crippen MR) is 51.9 cm³/mol. The van der Waals surface area contributed by atoms with Gasteiger partial charge in [0, 0.05) is 6.20 Å². The minimum absolute atomic E-state index is 0.222. The van der Waals surface area contributed by atoms with Gasteiger partial charge in [0.15, 0.2) is 0 Å². The molecule has 1 aromatic rings. The van der Waals surface area contributed by atoms with E-state index in [-0.39, 0.29) is 12.2 Å². The third-order valence-corrected chi connectivity index (χ3v) is 3.02. The molecule has 0 fully saturated rings. The van der Waals surface area contributed by atoms with Crippen LogP contribution in [0.1, 0.15) is 12.8 Å². The fourth-order valence-corrected chi connectivity index (χ4v) is 2.00. The molecule has 16 heavy (non-hydrogen) atoms. The van der Waals surface area contributed by atoms with Crippen LogP contribution in [0.3, 0.4) is 0 Å². The summed E-state index contributed by atoms with van der Waals surface area (Å²) in [5.74, 6) is 0.289. The highest BCUT2D eigenvalue weighted by Crippen LogP contribution is 2.16. The van der Waals surface area contributed by atoms with Gasteiger partial charge in [-0.1, -0.05) is 0 Å². The number of halogens is 3. The zero-order valence-corrected chi connectivity index (χ0v) is 9.13. The normalized spacial score (nSPS) is 14.0. The van der Waals surface area contributed by atoms with Crippen LogP contribution in [0, 0.1) is 0 Å². The molecular formula is C8H11F3N2O2S. The lowest BCUT2D eigenvalue weighted by atomic mass is 10.4. The molecule has 0 spiro atoms. The molecule has 0 bridgehead atoms. The second-order valence-corrected chi connectivity index (χ2v) is 4.42.